The van der Waals surface area contributed by atoms with Crippen molar-refractivity contribution in [1.82, 2.24) is 0 Å². The van der Waals surface area contributed by atoms with Crippen molar-refractivity contribution in [2.24, 2.45) is 0 Å². The maximum absolute atomic E-state index is 11.9. The highest BCUT2D eigenvalue weighted by Crippen LogP contribution is 2.23. The van der Waals surface area contributed by atoms with E-state index in [9.17, 15) is 4.79 Å². The number of halogens is 2. The SMILES string of the molecule is CCc1ccccc1NC(=O)C=Cc1ccc(Cl)c(Cl)c1. The van der Waals surface area contributed by atoms with Gasteiger partial charge in [0.25, 0.3) is 0 Å². The Balaban J connectivity index is 2.07. The highest BCUT2D eigenvalue weighted by molar-refractivity contribution is 6.42. The van der Waals surface area contributed by atoms with Gasteiger partial charge in [-0.1, -0.05) is 54.4 Å². The van der Waals surface area contributed by atoms with Crippen LogP contribution >= 0.6 is 23.2 Å². The van der Waals surface area contributed by atoms with Gasteiger partial charge in [-0.3, -0.25) is 4.79 Å². The molecule has 1 amide bonds. The van der Waals surface area contributed by atoms with Crippen LogP contribution in [0.2, 0.25) is 10.0 Å². The summed E-state index contributed by atoms with van der Waals surface area (Å²) in [7, 11) is 0. The van der Waals surface area contributed by atoms with Gasteiger partial charge in [-0.05, 0) is 41.8 Å². The van der Waals surface area contributed by atoms with Crippen LogP contribution in [0.3, 0.4) is 0 Å². The third-order valence-corrected chi connectivity index (χ3v) is 3.77. The second-order valence-electron chi connectivity index (χ2n) is 4.51. The Kier molecular flexibility index (Phi) is 5.43. The smallest absolute Gasteiger partial charge is 0.248 e. The quantitative estimate of drug-likeness (QED) is 0.770. The Morgan fingerprint density at radius 3 is 2.62 bits per heavy atom. The minimum absolute atomic E-state index is 0.179. The van der Waals surface area contributed by atoms with Crippen molar-refractivity contribution in [1.29, 1.82) is 0 Å². The van der Waals surface area contributed by atoms with Crippen molar-refractivity contribution in [3.63, 3.8) is 0 Å². The third-order valence-electron chi connectivity index (χ3n) is 3.03. The topological polar surface area (TPSA) is 29.1 Å². The first-order chi connectivity index (χ1) is 10.1. The fourth-order valence-electron chi connectivity index (χ4n) is 1.91. The number of benzene rings is 2. The molecule has 2 nitrogen and oxygen atoms in total. The number of aryl methyl sites for hydroxylation is 1. The summed E-state index contributed by atoms with van der Waals surface area (Å²) >= 11 is 11.8. The molecule has 1 N–H and O–H groups in total. The summed E-state index contributed by atoms with van der Waals surface area (Å²) in [6.45, 7) is 2.05. The standard InChI is InChI=1S/C17H15Cl2NO/c1-2-13-5-3-4-6-16(13)20-17(21)10-8-12-7-9-14(18)15(19)11-12/h3-11H,2H2,1H3,(H,20,21). The summed E-state index contributed by atoms with van der Waals surface area (Å²) in [6, 6.07) is 13.0. The number of para-hydroxylation sites is 1. The highest BCUT2D eigenvalue weighted by atomic mass is 35.5. The first kappa shape index (κ1) is 15.6. The lowest BCUT2D eigenvalue weighted by Gasteiger charge is -2.07. The highest BCUT2D eigenvalue weighted by Gasteiger charge is 2.02. The fraction of sp³-hybridized carbons (Fsp3) is 0.118. The largest absolute Gasteiger partial charge is 0.322 e. The van der Waals surface area contributed by atoms with Crippen LogP contribution in [0.1, 0.15) is 18.1 Å². The molecule has 0 aliphatic rings. The summed E-state index contributed by atoms with van der Waals surface area (Å²) < 4.78 is 0. The lowest BCUT2D eigenvalue weighted by atomic mass is 10.1. The van der Waals surface area contributed by atoms with Gasteiger partial charge >= 0.3 is 0 Å². The summed E-state index contributed by atoms with van der Waals surface area (Å²) in [5.41, 5.74) is 2.76. The van der Waals surface area contributed by atoms with E-state index >= 15 is 0 Å². The lowest BCUT2D eigenvalue weighted by Crippen LogP contribution is -2.09. The number of hydrogen-bond donors (Lipinski definition) is 1. The third kappa shape index (κ3) is 4.35. The van der Waals surface area contributed by atoms with E-state index in [2.05, 4.69) is 12.2 Å². The van der Waals surface area contributed by atoms with Gasteiger partial charge < -0.3 is 5.32 Å². The van der Waals surface area contributed by atoms with E-state index in [1.54, 1.807) is 24.3 Å². The molecular formula is C17H15Cl2NO. The predicted molar refractivity (Wildman–Crippen MR) is 89.9 cm³/mol. The van der Waals surface area contributed by atoms with Gasteiger partial charge in [0, 0.05) is 11.8 Å². The molecule has 0 aliphatic heterocycles. The number of amides is 1. The van der Waals surface area contributed by atoms with Gasteiger partial charge in [0.05, 0.1) is 10.0 Å². The van der Waals surface area contributed by atoms with E-state index in [0.717, 1.165) is 23.2 Å². The predicted octanol–water partition coefficient (Wildman–Crippen LogP) is 5.21. The minimum Gasteiger partial charge on any atom is -0.322 e. The van der Waals surface area contributed by atoms with Gasteiger partial charge in [-0.15, -0.1) is 0 Å². The Labute approximate surface area is 134 Å². The van der Waals surface area contributed by atoms with E-state index in [1.807, 2.05) is 24.3 Å². The van der Waals surface area contributed by atoms with E-state index in [1.165, 1.54) is 6.08 Å². The Hall–Kier alpha value is -1.77. The van der Waals surface area contributed by atoms with Gasteiger partial charge in [0.2, 0.25) is 5.91 Å². The molecule has 2 rings (SSSR count). The molecule has 2 aromatic carbocycles. The van der Waals surface area contributed by atoms with Crippen LogP contribution in [0.15, 0.2) is 48.5 Å². The van der Waals surface area contributed by atoms with Crippen molar-refractivity contribution in [3.8, 4) is 0 Å². The maximum atomic E-state index is 11.9. The molecule has 0 aromatic heterocycles. The van der Waals surface area contributed by atoms with Gasteiger partial charge in [0.15, 0.2) is 0 Å². The molecule has 108 valence electrons. The fourth-order valence-corrected chi connectivity index (χ4v) is 2.22. The molecule has 0 bridgehead atoms. The summed E-state index contributed by atoms with van der Waals surface area (Å²) in [5, 5.41) is 3.84. The Bertz CT molecular complexity index is 680. The number of carbonyl (C=O) groups excluding carboxylic acids is 1. The minimum atomic E-state index is -0.179. The number of hydrogen-bond acceptors (Lipinski definition) is 1. The molecule has 2 aromatic rings. The van der Waals surface area contributed by atoms with E-state index < -0.39 is 0 Å². The summed E-state index contributed by atoms with van der Waals surface area (Å²) in [5.74, 6) is -0.179. The average Bonchev–Trinajstić information content (AvgIpc) is 2.49. The summed E-state index contributed by atoms with van der Waals surface area (Å²) in [6.07, 6.45) is 4.05. The molecule has 0 aliphatic carbocycles. The molecule has 4 heteroatoms. The van der Waals surface area contributed by atoms with Crippen molar-refractivity contribution >= 4 is 40.9 Å². The molecule has 0 heterocycles. The zero-order valence-electron chi connectivity index (χ0n) is 11.6. The number of nitrogens with one attached hydrogen (secondary N) is 1. The van der Waals surface area contributed by atoms with Gasteiger partial charge in [-0.2, -0.15) is 0 Å². The van der Waals surface area contributed by atoms with Crippen LogP contribution in [0.5, 0.6) is 0 Å². The first-order valence-corrected chi connectivity index (χ1v) is 7.37. The first-order valence-electron chi connectivity index (χ1n) is 6.62. The molecule has 21 heavy (non-hydrogen) atoms. The molecular weight excluding hydrogens is 305 g/mol. The van der Waals surface area contributed by atoms with E-state index in [0.29, 0.717) is 10.0 Å². The normalized spacial score (nSPS) is 10.8. The van der Waals surface area contributed by atoms with E-state index in [-0.39, 0.29) is 5.91 Å². The van der Waals surface area contributed by atoms with Crippen molar-refractivity contribution in [2.75, 3.05) is 5.32 Å². The van der Waals surface area contributed by atoms with Crippen LogP contribution in [0.25, 0.3) is 6.08 Å². The molecule has 0 fully saturated rings. The summed E-state index contributed by atoms with van der Waals surface area (Å²) in [4.78, 5) is 11.9. The van der Waals surface area contributed by atoms with E-state index in [4.69, 9.17) is 23.2 Å². The molecule has 0 saturated carbocycles. The van der Waals surface area contributed by atoms with Crippen LogP contribution < -0.4 is 5.32 Å². The van der Waals surface area contributed by atoms with Crippen LogP contribution in [-0.4, -0.2) is 5.91 Å². The molecule has 0 unspecified atom stereocenters. The zero-order chi connectivity index (χ0) is 15.2. The van der Waals surface area contributed by atoms with Gasteiger partial charge in [0.1, 0.15) is 0 Å². The average molecular weight is 320 g/mol. The van der Waals surface area contributed by atoms with Crippen molar-refractivity contribution < 1.29 is 4.79 Å². The molecule has 0 radical (unpaired) electrons. The van der Waals surface area contributed by atoms with Crippen molar-refractivity contribution in [2.45, 2.75) is 13.3 Å². The maximum Gasteiger partial charge on any atom is 0.248 e. The van der Waals surface area contributed by atoms with Crippen LogP contribution in [0, 0.1) is 0 Å². The van der Waals surface area contributed by atoms with Crippen LogP contribution in [0.4, 0.5) is 5.69 Å². The second kappa shape index (κ2) is 7.30. The molecule has 0 saturated heterocycles. The number of rotatable bonds is 4. The van der Waals surface area contributed by atoms with Crippen molar-refractivity contribution in [3.05, 3.63) is 69.7 Å². The number of anilines is 1. The molecule has 0 spiro atoms. The zero-order valence-corrected chi connectivity index (χ0v) is 13.1. The Morgan fingerprint density at radius 1 is 1.14 bits per heavy atom. The monoisotopic (exact) mass is 319 g/mol. The lowest BCUT2D eigenvalue weighted by molar-refractivity contribution is -0.111. The second-order valence-corrected chi connectivity index (χ2v) is 5.32. The number of carbonyl (C=O) groups is 1. The Morgan fingerprint density at radius 2 is 1.90 bits per heavy atom. The molecule has 0 atom stereocenters. The van der Waals surface area contributed by atoms with Gasteiger partial charge in [-0.25, -0.2) is 0 Å². The van der Waals surface area contributed by atoms with Crippen LogP contribution in [-0.2, 0) is 11.2 Å².